The number of imide groups is 1. The van der Waals surface area contributed by atoms with Gasteiger partial charge in [0.15, 0.2) is 0 Å². The van der Waals surface area contributed by atoms with Crippen molar-refractivity contribution in [1.29, 1.82) is 0 Å². The minimum Gasteiger partial charge on any atom is -0.336 e. The first-order valence-electron chi connectivity index (χ1n) is 8.97. The third-order valence-electron chi connectivity index (χ3n) is 5.10. The number of nitrogens with zero attached hydrogens (tertiary/aromatic N) is 3. The molecule has 0 bridgehead atoms. The number of halogens is 3. The van der Waals surface area contributed by atoms with Crippen molar-refractivity contribution in [3.63, 3.8) is 0 Å². The number of carbonyl (C=O) groups is 2. The van der Waals surface area contributed by atoms with E-state index in [1.54, 1.807) is 13.0 Å². The van der Waals surface area contributed by atoms with E-state index in [4.69, 9.17) is 0 Å². The van der Waals surface area contributed by atoms with Crippen molar-refractivity contribution < 1.29 is 22.8 Å². The maximum atomic E-state index is 12.8. The van der Waals surface area contributed by atoms with E-state index in [0.29, 0.717) is 51.4 Å². The van der Waals surface area contributed by atoms with Crippen molar-refractivity contribution in [2.75, 3.05) is 39.3 Å². The molecule has 0 unspecified atom stereocenters. The number of rotatable bonds is 4. The van der Waals surface area contributed by atoms with Crippen LogP contribution in [0, 0.1) is 0 Å². The van der Waals surface area contributed by atoms with Crippen molar-refractivity contribution in [2.45, 2.75) is 25.7 Å². The molecule has 0 aliphatic carbocycles. The molecule has 2 aliphatic heterocycles. The summed E-state index contributed by atoms with van der Waals surface area (Å²) in [6.07, 6.45) is -4.34. The number of piperazine rings is 1. The van der Waals surface area contributed by atoms with Gasteiger partial charge in [-0.05, 0) is 18.6 Å². The van der Waals surface area contributed by atoms with Gasteiger partial charge in [0.2, 0.25) is 5.91 Å². The van der Waals surface area contributed by atoms with E-state index in [0.717, 1.165) is 6.07 Å². The number of carbonyl (C=O) groups excluding carboxylic acids is 2. The molecule has 2 fully saturated rings. The van der Waals surface area contributed by atoms with Crippen LogP contribution in [0.25, 0.3) is 0 Å². The first kappa shape index (κ1) is 19.6. The molecule has 2 saturated heterocycles. The van der Waals surface area contributed by atoms with Crippen molar-refractivity contribution >= 4 is 11.9 Å². The van der Waals surface area contributed by atoms with Crippen LogP contribution >= 0.6 is 0 Å². The van der Waals surface area contributed by atoms with Crippen LogP contribution in [0.15, 0.2) is 24.3 Å². The van der Waals surface area contributed by atoms with Crippen LogP contribution in [0.1, 0.15) is 18.1 Å². The zero-order valence-electron chi connectivity index (χ0n) is 15.1. The first-order valence-corrected chi connectivity index (χ1v) is 8.97. The van der Waals surface area contributed by atoms with Crippen LogP contribution in [-0.2, 0) is 17.5 Å². The summed E-state index contributed by atoms with van der Waals surface area (Å²) in [6, 6.07) is 4.63. The first-order chi connectivity index (χ1) is 12.8. The molecule has 1 aromatic rings. The van der Waals surface area contributed by atoms with Crippen molar-refractivity contribution in [2.24, 2.45) is 0 Å². The third kappa shape index (κ3) is 4.59. The maximum absolute atomic E-state index is 12.8. The fraction of sp³-hybridized carbons (Fsp3) is 0.556. The molecule has 1 atom stereocenters. The van der Waals surface area contributed by atoms with Crippen LogP contribution < -0.4 is 5.32 Å². The lowest BCUT2D eigenvalue weighted by Gasteiger charge is -2.38. The van der Waals surface area contributed by atoms with Gasteiger partial charge in [-0.25, -0.2) is 4.79 Å². The fourth-order valence-corrected chi connectivity index (χ4v) is 3.48. The van der Waals surface area contributed by atoms with E-state index in [9.17, 15) is 22.8 Å². The Morgan fingerprint density at radius 1 is 1.19 bits per heavy atom. The average molecular weight is 384 g/mol. The third-order valence-corrected chi connectivity index (χ3v) is 5.10. The number of hydrogen-bond donors (Lipinski definition) is 1. The summed E-state index contributed by atoms with van der Waals surface area (Å²) in [7, 11) is 0. The van der Waals surface area contributed by atoms with E-state index in [-0.39, 0.29) is 11.9 Å². The quantitative estimate of drug-likeness (QED) is 0.860. The molecule has 1 N–H and O–H groups in total. The zero-order chi connectivity index (χ0) is 19.6. The highest BCUT2D eigenvalue weighted by atomic mass is 19.4. The van der Waals surface area contributed by atoms with Gasteiger partial charge in [-0.1, -0.05) is 18.2 Å². The number of alkyl halides is 3. The van der Waals surface area contributed by atoms with Gasteiger partial charge in [0, 0.05) is 45.8 Å². The summed E-state index contributed by atoms with van der Waals surface area (Å²) in [5.74, 6) is -0.212. The fourth-order valence-electron chi connectivity index (χ4n) is 3.48. The summed E-state index contributed by atoms with van der Waals surface area (Å²) in [6.45, 7) is 5.65. The number of nitrogens with one attached hydrogen (secondary N) is 1. The maximum Gasteiger partial charge on any atom is 0.416 e. The Kier molecular flexibility index (Phi) is 5.71. The molecule has 6 nitrogen and oxygen atoms in total. The average Bonchev–Trinajstić information content (AvgIpc) is 3.06. The van der Waals surface area contributed by atoms with E-state index >= 15 is 0 Å². The molecule has 0 aromatic heterocycles. The van der Waals surface area contributed by atoms with E-state index in [1.807, 2.05) is 4.90 Å². The lowest BCUT2D eigenvalue weighted by atomic mass is 10.1. The topological polar surface area (TPSA) is 55.9 Å². The lowest BCUT2D eigenvalue weighted by Crippen LogP contribution is -2.54. The van der Waals surface area contributed by atoms with Crippen LogP contribution in [0.4, 0.5) is 18.0 Å². The summed E-state index contributed by atoms with van der Waals surface area (Å²) in [5, 5.41) is 2.62. The number of urea groups is 1. The Labute approximate surface area is 155 Å². The molecule has 1 aromatic carbocycles. The van der Waals surface area contributed by atoms with Crippen LogP contribution in [-0.4, -0.2) is 71.9 Å². The van der Waals surface area contributed by atoms with Crippen LogP contribution in [0.5, 0.6) is 0 Å². The highest BCUT2D eigenvalue weighted by Crippen LogP contribution is 2.29. The number of hydrogen-bond acceptors (Lipinski definition) is 4. The monoisotopic (exact) mass is 384 g/mol. The van der Waals surface area contributed by atoms with Crippen LogP contribution in [0.3, 0.4) is 0 Å². The van der Waals surface area contributed by atoms with Gasteiger partial charge >= 0.3 is 12.2 Å². The smallest absolute Gasteiger partial charge is 0.336 e. The molecule has 2 aliphatic rings. The largest absolute Gasteiger partial charge is 0.416 e. The number of benzene rings is 1. The molecule has 27 heavy (non-hydrogen) atoms. The summed E-state index contributed by atoms with van der Waals surface area (Å²) in [5.41, 5.74) is -0.0158. The summed E-state index contributed by atoms with van der Waals surface area (Å²) in [4.78, 5) is 29.4. The lowest BCUT2D eigenvalue weighted by molar-refractivity contribution is -0.137. The van der Waals surface area contributed by atoms with Gasteiger partial charge in [-0.15, -0.1) is 0 Å². The second-order valence-corrected chi connectivity index (χ2v) is 6.91. The normalized spacial score (nSPS) is 20.6. The van der Waals surface area contributed by atoms with Gasteiger partial charge in [0.05, 0.1) is 11.6 Å². The van der Waals surface area contributed by atoms with Gasteiger partial charge < -0.3 is 5.32 Å². The van der Waals surface area contributed by atoms with Crippen LogP contribution in [0.2, 0.25) is 0 Å². The molecule has 9 heteroatoms. The minimum atomic E-state index is -4.34. The van der Waals surface area contributed by atoms with Crippen molar-refractivity contribution in [3.05, 3.63) is 35.4 Å². The van der Waals surface area contributed by atoms with E-state index in [2.05, 4.69) is 10.2 Å². The highest BCUT2D eigenvalue weighted by molar-refractivity contribution is 5.98. The van der Waals surface area contributed by atoms with Gasteiger partial charge in [0.25, 0.3) is 0 Å². The van der Waals surface area contributed by atoms with E-state index in [1.165, 1.54) is 17.0 Å². The minimum absolute atomic E-state index is 0.212. The number of amides is 3. The molecule has 0 radical (unpaired) electrons. The van der Waals surface area contributed by atoms with Gasteiger partial charge in [-0.2, -0.15) is 13.2 Å². The molecular weight excluding hydrogens is 361 g/mol. The Morgan fingerprint density at radius 2 is 1.89 bits per heavy atom. The van der Waals surface area contributed by atoms with Crippen molar-refractivity contribution in [1.82, 2.24) is 20.0 Å². The second-order valence-electron chi connectivity index (χ2n) is 6.91. The summed E-state index contributed by atoms with van der Waals surface area (Å²) >= 11 is 0. The molecule has 148 valence electrons. The predicted molar refractivity (Wildman–Crippen MR) is 92.9 cm³/mol. The Bertz CT molecular complexity index is 702. The highest BCUT2D eigenvalue weighted by Gasteiger charge is 2.34. The Morgan fingerprint density at radius 3 is 2.48 bits per heavy atom. The zero-order valence-corrected chi connectivity index (χ0v) is 15.1. The Hall–Kier alpha value is -2.13. The molecule has 0 spiro atoms. The van der Waals surface area contributed by atoms with Gasteiger partial charge in [0.1, 0.15) is 0 Å². The standard InChI is InChI=1S/C18H23F3N4O2/c1-13(16(26)25-6-5-22-17(25)27)24-9-7-23(8-10-24)12-14-3-2-4-15(11-14)18(19,20)21/h2-4,11,13H,5-10,12H2,1H3,(H,22,27)/t13-/m1/s1. The SMILES string of the molecule is C[C@H](C(=O)N1CCNC1=O)N1CCN(Cc2cccc(C(F)(F)F)c2)CC1. The van der Waals surface area contributed by atoms with Gasteiger partial charge in [-0.3, -0.25) is 19.5 Å². The molecule has 3 rings (SSSR count). The molecule has 0 saturated carbocycles. The molecule has 2 heterocycles. The molecular formula is C18H23F3N4O2. The van der Waals surface area contributed by atoms with Crippen molar-refractivity contribution in [3.8, 4) is 0 Å². The Balaban J connectivity index is 1.53. The summed E-state index contributed by atoms with van der Waals surface area (Å²) < 4.78 is 38.5. The predicted octanol–water partition coefficient (Wildman–Crippen LogP) is 1.76. The van der Waals surface area contributed by atoms with E-state index < -0.39 is 17.8 Å². The molecule has 3 amide bonds. The second kappa shape index (κ2) is 7.85.